The maximum absolute atomic E-state index is 5.91. The zero-order chi connectivity index (χ0) is 13.9. The third-order valence-corrected chi connectivity index (χ3v) is 3.37. The Hall–Kier alpha value is -2.20. The van der Waals surface area contributed by atoms with Crippen LogP contribution in [0.2, 0.25) is 0 Å². The normalized spacial score (nSPS) is 12.7. The number of hydrogen-bond donors (Lipinski definition) is 1. The molecule has 0 amide bonds. The van der Waals surface area contributed by atoms with Gasteiger partial charge in [-0.3, -0.25) is 0 Å². The minimum Gasteiger partial charge on any atom is -0.493 e. The van der Waals surface area contributed by atoms with Crippen molar-refractivity contribution in [3.8, 4) is 5.75 Å². The fourth-order valence-corrected chi connectivity index (χ4v) is 2.20. The van der Waals surface area contributed by atoms with Crippen molar-refractivity contribution in [2.75, 3.05) is 7.11 Å². The molecule has 0 saturated heterocycles. The summed E-state index contributed by atoms with van der Waals surface area (Å²) in [7, 11) is 1.65. The Morgan fingerprint density at radius 3 is 2.95 bits per heavy atom. The Kier molecular flexibility index (Phi) is 3.48. The Labute approximate surface area is 117 Å². The van der Waals surface area contributed by atoms with E-state index in [-0.39, 0.29) is 6.04 Å². The average Bonchev–Trinajstić information content (AvgIpc) is 3.12. The van der Waals surface area contributed by atoms with Crippen LogP contribution in [0.3, 0.4) is 0 Å². The molecule has 0 fully saturated rings. The molecule has 3 aromatic rings. The lowest BCUT2D eigenvalue weighted by Gasteiger charge is -2.09. The van der Waals surface area contributed by atoms with Gasteiger partial charge in [0.2, 0.25) is 0 Å². The summed E-state index contributed by atoms with van der Waals surface area (Å²) in [5, 5.41) is 4.46. The average molecular weight is 271 g/mol. The van der Waals surface area contributed by atoms with Crippen LogP contribution in [-0.2, 0) is 6.54 Å². The number of methoxy groups -OCH3 is 1. The predicted octanol–water partition coefficient (Wildman–Crippen LogP) is 3.89. The molecule has 0 saturated carbocycles. The maximum atomic E-state index is 5.91. The van der Waals surface area contributed by atoms with E-state index in [4.69, 9.17) is 13.6 Å². The second-order valence-electron chi connectivity index (χ2n) is 4.76. The Balaban J connectivity index is 1.79. The molecule has 4 heteroatoms. The minimum absolute atomic E-state index is 0.113. The van der Waals surface area contributed by atoms with Crippen LogP contribution in [0.25, 0.3) is 11.0 Å². The van der Waals surface area contributed by atoms with Gasteiger partial charge in [-0.2, -0.15) is 0 Å². The topological polar surface area (TPSA) is 47.5 Å². The van der Waals surface area contributed by atoms with Crippen molar-refractivity contribution in [1.29, 1.82) is 0 Å². The highest BCUT2D eigenvalue weighted by Crippen LogP contribution is 2.30. The van der Waals surface area contributed by atoms with Gasteiger partial charge in [-0.15, -0.1) is 0 Å². The first-order valence-electron chi connectivity index (χ1n) is 6.59. The number of fused-ring (bicyclic) bond motifs is 1. The molecule has 4 nitrogen and oxygen atoms in total. The maximum Gasteiger partial charge on any atom is 0.176 e. The van der Waals surface area contributed by atoms with E-state index in [2.05, 4.69) is 12.2 Å². The van der Waals surface area contributed by atoms with Crippen molar-refractivity contribution < 1.29 is 13.6 Å². The zero-order valence-corrected chi connectivity index (χ0v) is 11.6. The summed E-state index contributed by atoms with van der Waals surface area (Å²) in [6.07, 6.45) is 3.41. The number of furan rings is 2. The molecule has 0 aliphatic rings. The smallest absolute Gasteiger partial charge is 0.176 e. The molecular weight excluding hydrogens is 254 g/mol. The molecule has 1 unspecified atom stereocenters. The van der Waals surface area contributed by atoms with Gasteiger partial charge in [0.25, 0.3) is 0 Å². The summed E-state index contributed by atoms with van der Waals surface area (Å²) in [4.78, 5) is 0. The van der Waals surface area contributed by atoms with E-state index in [0.29, 0.717) is 0 Å². The molecule has 0 radical (unpaired) electrons. The van der Waals surface area contributed by atoms with Crippen LogP contribution in [-0.4, -0.2) is 7.11 Å². The molecule has 2 aromatic heterocycles. The molecule has 1 N–H and O–H groups in total. The molecule has 0 aliphatic carbocycles. The molecular formula is C16H17NO3. The summed E-state index contributed by atoms with van der Waals surface area (Å²) in [6, 6.07) is 9.99. The number of hydrogen-bond acceptors (Lipinski definition) is 4. The molecule has 1 aromatic carbocycles. The number of rotatable bonds is 5. The Bertz CT molecular complexity index is 685. The third-order valence-electron chi connectivity index (χ3n) is 3.37. The number of nitrogens with one attached hydrogen (secondary N) is 1. The first kappa shape index (κ1) is 12.8. The van der Waals surface area contributed by atoms with Crippen molar-refractivity contribution in [3.63, 3.8) is 0 Å². The lowest BCUT2D eigenvalue weighted by Crippen LogP contribution is -2.17. The summed E-state index contributed by atoms with van der Waals surface area (Å²) in [5.41, 5.74) is 1.91. The second-order valence-corrected chi connectivity index (χ2v) is 4.76. The van der Waals surface area contributed by atoms with Gasteiger partial charge in [-0.05, 0) is 25.1 Å². The fraction of sp³-hybridized carbons (Fsp3) is 0.250. The Morgan fingerprint density at radius 1 is 1.30 bits per heavy atom. The van der Waals surface area contributed by atoms with E-state index in [1.807, 2.05) is 30.3 Å². The summed E-state index contributed by atoms with van der Waals surface area (Å²) in [5.74, 6) is 1.66. The van der Waals surface area contributed by atoms with Crippen LogP contribution in [0.1, 0.15) is 24.3 Å². The summed E-state index contributed by atoms with van der Waals surface area (Å²) < 4.78 is 16.3. The van der Waals surface area contributed by atoms with E-state index in [1.54, 1.807) is 19.6 Å². The summed E-state index contributed by atoms with van der Waals surface area (Å²) >= 11 is 0. The zero-order valence-electron chi connectivity index (χ0n) is 11.6. The standard InChI is InChI=1S/C16H17NO3/c1-11(17-9-12-6-7-19-10-12)15-8-13-4-3-5-14(18-2)16(13)20-15/h3-8,10-11,17H,9H2,1-2H3. The molecule has 3 rings (SSSR count). The lowest BCUT2D eigenvalue weighted by atomic mass is 10.2. The lowest BCUT2D eigenvalue weighted by molar-refractivity contribution is 0.399. The van der Waals surface area contributed by atoms with Crippen LogP contribution in [0.4, 0.5) is 0 Å². The number of benzene rings is 1. The largest absolute Gasteiger partial charge is 0.493 e. The van der Waals surface area contributed by atoms with E-state index < -0.39 is 0 Å². The van der Waals surface area contributed by atoms with Crippen molar-refractivity contribution in [1.82, 2.24) is 5.32 Å². The van der Waals surface area contributed by atoms with Crippen molar-refractivity contribution in [2.45, 2.75) is 19.5 Å². The summed E-state index contributed by atoms with van der Waals surface area (Å²) in [6.45, 7) is 2.82. The van der Waals surface area contributed by atoms with E-state index in [1.165, 1.54) is 0 Å². The van der Waals surface area contributed by atoms with Crippen molar-refractivity contribution >= 4 is 11.0 Å². The van der Waals surface area contributed by atoms with Gasteiger partial charge in [0.05, 0.1) is 25.7 Å². The van der Waals surface area contributed by atoms with Crippen LogP contribution in [0.5, 0.6) is 5.75 Å². The van der Waals surface area contributed by atoms with Gasteiger partial charge < -0.3 is 18.9 Å². The first-order chi connectivity index (χ1) is 9.78. The Morgan fingerprint density at radius 2 is 2.20 bits per heavy atom. The molecule has 1 atom stereocenters. The van der Waals surface area contributed by atoms with Crippen molar-refractivity contribution in [2.24, 2.45) is 0 Å². The second kappa shape index (κ2) is 5.43. The minimum atomic E-state index is 0.113. The SMILES string of the molecule is COc1cccc2cc(C(C)NCc3ccoc3)oc12. The highest BCUT2D eigenvalue weighted by atomic mass is 16.5. The third kappa shape index (κ3) is 2.42. The quantitative estimate of drug-likeness (QED) is 0.765. The molecule has 0 bridgehead atoms. The molecule has 104 valence electrons. The van der Waals surface area contributed by atoms with Gasteiger partial charge in [0, 0.05) is 17.5 Å². The van der Waals surface area contributed by atoms with Crippen molar-refractivity contribution in [3.05, 3.63) is 54.2 Å². The van der Waals surface area contributed by atoms with Crippen LogP contribution < -0.4 is 10.1 Å². The van der Waals surface area contributed by atoms with E-state index in [0.717, 1.165) is 34.6 Å². The van der Waals surface area contributed by atoms with E-state index >= 15 is 0 Å². The van der Waals surface area contributed by atoms with Gasteiger partial charge in [-0.25, -0.2) is 0 Å². The van der Waals surface area contributed by atoms with Crippen LogP contribution in [0, 0.1) is 0 Å². The molecule has 0 spiro atoms. The first-order valence-corrected chi connectivity index (χ1v) is 6.59. The van der Waals surface area contributed by atoms with Crippen LogP contribution >= 0.6 is 0 Å². The molecule has 0 aliphatic heterocycles. The van der Waals surface area contributed by atoms with Gasteiger partial charge in [-0.1, -0.05) is 12.1 Å². The van der Waals surface area contributed by atoms with Gasteiger partial charge in [0.15, 0.2) is 11.3 Å². The fourth-order valence-electron chi connectivity index (χ4n) is 2.20. The van der Waals surface area contributed by atoms with Gasteiger partial charge >= 0.3 is 0 Å². The molecule has 20 heavy (non-hydrogen) atoms. The molecule has 2 heterocycles. The number of ether oxygens (including phenoxy) is 1. The van der Waals surface area contributed by atoms with E-state index in [9.17, 15) is 0 Å². The highest BCUT2D eigenvalue weighted by molar-refractivity contribution is 5.83. The predicted molar refractivity (Wildman–Crippen MR) is 76.7 cm³/mol. The number of para-hydroxylation sites is 1. The van der Waals surface area contributed by atoms with Crippen LogP contribution in [0.15, 0.2) is 51.7 Å². The highest BCUT2D eigenvalue weighted by Gasteiger charge is 2.13. The van der Waals surface area contributed by atoms with Gasteiger partial charge in [0.1, 0.15) is 5.76 Å². The monoisotopic (exact) mass is 271 g/mol.